The van der Waals surface area contributed by atoms with E-state index in [-0.39, 0.29) is 12.0 Å². The van der Waals surface area contributed by atoms with Crippen molar-refractivity contribution in [2.24, 2.45) is 17.0 Å². The van der Waals surface area contributed by atoms with Crippen LogP contribution in [0.3, 0.4) is 0 Å². The second-order valence-electron chi connectivity index (χ2n) is 7.95. The molecule has 1 atom stereocenters. The number of piperidine rings is 1. The van der Waals surface area contributed by atoms with Crippen molar-refractivity contribution >= 4 is 11.6 Å². The average molecular weight is 357 g/mol. The Morgan fingerprint density at radius 3 is 2.69 bits per heavy atom. The number of hydrogen-bond donors (Lipinski definition) is 1. The Balaban J connectivity index is 1.40. The Labute approximate surface area is 156 Å². The largest absolute Gasteiger partial charge is 0.390 e. The van der Waals surface area contributed by atoms with Crippen molar-refractivity contribution in [3.63, 3.8) is 0 Å². The molecular formula is C21H31N3O2. The van der Waals surface area contributed by atoms with Gasteiger partial charge in [-0.25, -0.2) is 0 Å². The van der Waals surface area contributed by atoms with Crippen molar-refractivity contribution in [2.75, 3.05) is 26.2 Å². The van der Waals surface area contributed by atoms with Crippen molar-refractivity contribution in [1.82, 2.24) is 10.2 Å². The zero-order valence-electron chi connectivity index (χ0n) is 16.0. The monoisotopic (exact) mass is 357 g/mol. The summed E-state index contributed by atoms with van der Waals surface area (Å²) in [7, 11) is 0. The third-order valence-corrected chi connectivity index (χ3v) is 5.17. The van der Waals surface area contributed by atoms with Crippen LogP contribution in [0, 0.1) is 11.8 Å². The molecule has 0 radical (unpaired) electrons. The van der Waals surface area contributed by atoms with Crippen molar-refractivity contribution in [2.45, 2.75) is 45.6 Å². The van der Waals surface area contributed by atoms with Crippen LogP contribution < -0.4 is 5.32 Å². The number of likely N-dealkylation sites (tertiary alicyclic amines) is 1. The highest BCUT2D eigenvalue weighted by Crippen LogP contribution is 2.23. The van der Waals surface area contributed by atoms with E-state index in [1.165, 1.54) is 5.56 Å². The number of carbonyl (C=O) groups is 1. The number of oxime groups is 1. The van der Waals surface area contributed by atoms with Crippen LogP contribution in [0.25, 0.3) is 0 Å². The number of nitrogens with zero attached hydrogens (tertiary/aromatic N) is 2. The fourth-order valence-corrected chi connectivity index (χ4v) is 3.67. The molecular weight excluding hydrogens is 326 g/mol. The Hall–Kier alpha value is -1.88. The Morgan fingerprint density at radius 1 is 1.27 bits per heavy atom. The Morgan fingerprint density at radius 2 is 2.00 bits per heavy atom. The van der Waals surface area contributed by atoms with Crippen LogP contribution in [0.5, 0.6) is 0 Å². The van der Waals surface area contributed by atoms with Crippen LogP contribution in [0.4, 0.5) is 0 Å². The molecule has 1 unspecified atom stereocenters. The van der Waals surface area contributed by atoms with Gasteiger partial charge in [0.25, 0.3) is 5.91 Å². The van der Waals surface area contributed by atoms with Gasteiger partial charge in [-0.15, -0.1) is 0 Å². The summed E-state index contributed by atoms with van der Waals surface area (Å²) in [4.78, 5) is 20.1. The topological polar surface area (TPSA) is 53.9 Å². The zero-order valence-corrected chi connectivity index (χ0v) is 16.0. The molecule has 1 aromatic carbocycles. The number of rotatable bonds is 7. The van der Waals surface area contributed by atoms with Gasteiger partial charge in [-0.1, -0.05) is 49.3 Å². The van der Waals surface area contributed by atoms with E-state index in [0.717, 1.165) is 45.4 Å². The average Bonchev–Trinajstić information content (AvgIpc) is 3.11. The highest BCUT2D eigenvalue weighted by atomic mass is 16.6. The van der Waals surface area contributed by atoms with Crippen LogP contribution in [-0.4, -0.2) is 48.8 Å². The van der Waals surface area contributed by atoms with E-state index in [1.54, 1.807) is 0 Å². The van der Waals surface area contributed by atoms with Gasteiger partial charge in [0.05, 0.1) is 0 Å². The van der Waals surface area contributed by atoms with Crippen LogP contribution in [0.15, 0.2) is 35.5 Å². The van der Waals surface area contributed by atoms with Crippen LogP contribution in [0.1, 0.15) is 38.7 Å². The summed E-state index contributed by atoms with van der Waals surface area (Å²) in [6.07, 6.45) is 3.84. The van der Waals surface area contributed by atoms with E-state index in [4.69, 9.17) is 4.84 Å². The molecule has 1 saturated heterocycles. The predicted molar refractivity (Wildman–Crippen MR) is 104 cm³/mol. The van der Waals surface area contributed by atoms with Crippen molar-refractivity contribution in [1.29, 1.82) is 0 Å². The first-order valence-electron chi connectivity index (χ1n) is 9.88. The molecule has 1 N–H and O–H groups in total. The third-order valence-electron chi connectivity index (χ3n) is 5.17. The number of benzene rings is 1. The van der Waals surface area contributed by atoms with Gasteiger partial charge in [0.2, 0.25) is 0 Å². The van der Waals surface area contributed by atoms with E-state index < -0.39 is 0 Å². The molecule has 142 valence electrons. The first-order valence-corrected chi connectivity index (χ1v) is 9.88. The Kier molecular flexibility index (Phi) is 6.67. The smallest absolute Gasteiger partial charge is 0.271 e. The molecule has 0 aliphatic carbocycles. The highest BCUT2D eigenvalue weighted by Gasteiger charge is 2.31. The molecule has 0 saturated carbocycles. The number of amides is 1. The van der Waals surface area contributed by atoms with Gasteiger partial charge in [0.1, 0.15) is 11.8 Å². The second kappa shape index (κ2) is 9.17. The molecule has 2 heterocycles. The van der Waals surface area contributed by atoms with Crippen LogP contribution in [0.2, 0.25) is 0 Å². The fraction of sp³-hybridized carbons (Fsp3) is 0.619. The molecule has 5 nitrogen and oxygen atoms in total. The fourth-order valence-electron chi connectivity index (χ4n) is 3.67. The summed E-state index contributed by atoms with van der Waals surface area (Å²) in [5.41, 5.74) is 1.98. The van der Waals surface area contributed by atoms with Gasteiger partial charge in [-0.3, -0.25) is 4.79 Å². The minimum Gasteiger partial charge on any atom is -0.390 e. The lowest BCUT2D eigenvalue weighted by atomic mass is 9.90. The molecule has 2 aliphatic rings. The van der Waals surface area contributed by atoms with E-state index in [1.807, 2.05) is 4.90 Å². The minimum absolute atomic E-state index is 0.0108. The Bertz CT molecular complexity index is 607. The maximum atomic E-state index is 12.7. The minimum atomic E-state index is -0.0108. The van der Waals surface area contributed by atoms with Gasteiger partial charge in [0.15, 0.2) is 0 Å². The molecule has 5 heteroatoms. The maximum absolute atomic E-state index is 12.7. The quantitative estimate of drug-likeness (QED) is 0.816. The van der Waals surface area contributed by atoms with E-state index in [0.29, 0.717) is 24.0 Å². The molecule has 1 amide bonds. The molecule has 26 heavy (non-hydrogen) atoms. The van der Waals surface area contributed by atoms with Gasteiger partial charge in [-0.05, 0) is 43.2 Å². The molecule has 1 aromatic rings. The van der Waals surface area contributed by atoms with Crippen LogP contribution >= 0.6 is 0 Å². The van der Waals surface area contributed by atoms with E-state index in [2.05, 4.69) is 54.7 Å². The van der Waals surface area contributed by atoms with Gasteiger partial charge in [0, 0.05) is 26.1 Å². The second-order valence-corrected chi connectivity index (χ2v) is 7.95. The lowest BCUT2D eigenvalue weighted by Gasteiger charge is -2.32. The van der Waals surface area contributed by atoms with Crippen molar-refractivity contribution < 1.29 is 9.63 Å². The summed E-state index contributed by atoms with van der Waals surface area (Å²) in [5.74, 6) is 1.33. The molecule has 0 aromatic heterocycles. The normalized spacial score (nSPS) is 21.0. The van der Waals surface area contributed by atoms with Crippen molar-refractivity contribution in [3.05, 3.63) is 35.9 Å². The number of carbonyl (C=O) groups excluding carboxylic acids is 1. The molecule has 0 spiro atoms. The molecule has 2 aliphatic heterocycles. The van der Waals surface area contributed by atoms with E-state index in [9.17, 15) is 4.79 Å². The van der Waals surface area contributed by atoms with E-state index >= 15 is 0 Å². The molecule has 1 fully saturated rings. The SMILES string of the molecule is CC(C)CNCC1CC(C(=O)N2CCC(Cc3ccccc3)CC2)=NO1. The first-order chi connectivity index (χ1) is 12.6. The summed E-state index contributed by atoms with van der Waals surface area (Å²) in [5, 5.41) is 7.43. The summed E-state index contributed by atoms with van der Waals surface area (Å²) in [6.45, 7) is 7.71. The number of nitrogens with one attached hydrogen (secondary N) is 1. The van der Waals surface area contributed by atoms with Gasteiger partial charge in [-0.2, -0.15) is 0 Å². The van der Waals surface area contributed by atoms with Crippen molar-refractivity contribution in [3.8, 4) is 0 Å². The zero-order chi connectivity index (χ0) is 18.4. The summed E-state index contributed by atoms with van der Waals surface area (Å²) >= 11 is 0. The lowest BCUT2D eigenvalue weighted by Crippen LogP contribution is -2.42. The number of hydrogen-bond acceptors (Lipinski definition) is 4. The predicted octanol–water partition coefficient (Wildman–Crippen LogP) is 2.86. The molecule has 3 rings (SSSR count). The maximum Gasteiger partial charge on any atom is 0.271 e. The summed E-state index contributed by atoms with van der Waals surface area (Å²) < 4.78 is 0. The van der Waals surface area contributed by atoms with Crippen LogP contribution in [-0.2, 0) is 16.1 Å². The first kappa shape index (κ1) is 18.9. The van der Waals surface area contributed by atoms with Gasteiger partial charge < -0.3 is 15.1 Å². The molecule has 0 bridgehead atoms. The highest BCUT2D eigenvalue weighted by molar-refractivity contribution is 6.39. The summed E-state index contributed by atoms with van der Waals surface area (Å²) in [6, 6.07) is 10.6. The third kappa shape index (κ3) is 5.31. The standard InChI is InChI=1S/C21H31N3O2/c1-16(2)14-22-15-19-13-20(23-26-19)21(25)24-10-8-18(9-11-24)12-17-6-4-3-5-7-17/h3-7,16,18-19,22H,8-15H2,1-2H3. The van der Waals surface area contributed by atoms with Gasteiger partial charge >= 0.3 is 0 Å². The lowest BCUT2D eigenvalue weighted by molar-refractivity contribution is -0.125.